The van der Waals surface area contributed by atoms with Crippen LogP contribution in [0.15, 0.2) is 23.1 Å². The molecule has 5 nitrogen and oxygen atoms in total. The Morgan fingerprint density at radius 2 is 2.10 bits per heavy atom. The predicted molar refractivity (Wildman–Crippen MR) is 77.6 cm³/mol. The standard InChI is InChI=1S/C13H18ClNO4S/c1-4-10(8-19-3)15-13(16)12-7-11(20(14,17)18)6-5-9(12)2/h5-7,10H,4,8H2,1-3H3,(H,15,16). The van der Waals surface area contributed by atoms with Gasteiger partial charge in [0.25, 0.3) is 15.0 Å². The molecule has 1 amide bonds. The molecule has 1 rings (SSSR count). The van der Waals surface area contributed by atoms with Crippen molar-refractivity contribution in [3.05, 3.63) is 29.3 Å². The van der Waals surface area contributed by atoms with Crippen LogP contribution >= 0.6 is 10.7 Å². The van der Waals surface area contributed by atoms with Crippen molar-refractivity contribution in [3.8, 4) is 0 Å². The lowest BCUT2D eigenvalue weighted by atomic mass is 10.1. The number of hydrogen-bond acceptors (Lipinski definition) is 4. The molecule has 0 aromatic heterocycles. The lowest BCUT2D eigenvalue weighted by Crippen LogP contribution is -2.37. The van der Waals surface area contributed by atoms with Crippen molar-refractivity contribution in [1.82, 2.24) is 5.32 Å². The maximum atomic E-state index is 12.2. The van der Waals surface area contributed by atoms with Crippen molar-refractivity contribution < 1.29 is 17.9 Å². The highest BCUT2D eigenvalue weighted by molar-refractivity contribution is 8.13. The average Bonchev–Trinajstić information content (AvgIpc) is 2.37. The number of nitrogens with one attached hydrogen (secondary N) is 1. The number of benzene rings is 1. The number of hydrogen-bond donors (Lipinski definition) is 1. The number of rotatable bonds is 6. The van der Waals surface area contributed by atoms with E-state index in [1.54, 1.807) is 20.1 Å². The summed E-state index contributed by atoms with van der Waals surface area (Å²) in [4.78, 5) is 12.1. The molecule has 0 bridgehead atoms. The number of ether oxygens (including phenoxy) is 1. The molecule has 0 spiro atoms. The van der Waals surface area contributed by atoms with Crippen LogP contribution in [-0.4, -0.2) is 34.1 Å². The fraction of sp³-hybridized carbons (Fsp3) is 0.462. The number of carbonyl (C=O) groups is 1. The van der Waals surface area contributed by atoms with Crippen molar-refractivity contribution in [1.29, 1.82) is 0 Å². The van der Waals surface area contributed by atoms with E-state index in [-0.39, 0.29) is 16.8 Å². The van der Waals surface area contributed by atoms with Gasteiger partial charge in [0.15, 0.2) is 0 Å². The predicted octanol–water partition coefficient (Wildman–Crippen LogP) is 2.08. The topological polar surface area (TPSA) is 72.5 Å². The summed E-state index contributed by atoms with van der Waals surface area (Å²) in [6.45, 7) is 4.06. The fourth-order valence-corrected chi connectivity index (χ4v) is 2.50. The molecule has 0 saturated carbocycles. The molecule has 1 atom stereocenters. The van der Waals surface area contributed by atoms with Crippen LogP contribution in [0.2, 0.25) is 0 Å². The van der Waals surface area contributed by atoms with Crippen LogP contribution in [0.1, 0.15) is 29.3 Å². The van der Waals surface area contributed by atoms with E-state index in [0.717, 1.165) is 0 Å². The zero-order valence-corrected chi connectivity index (χ0v) is 13.2. The number of aryl methyl sites for hydroxylation is 1. The van der Waals surface area contributed by atoms with E-state index in [1.807, 2.05) is 6.92 Å². The Kier molecular flexibility index (Phi) is 5.98. The van der Waals surface area contributed by atoms with Crippen molar-refractivity contribution in [2.45, 2.75) is 31.2 Å². The smallest absolute Gasteiger partial charge is 0.261 e. The van der Waals surface area contributed by atoms with Crippen LogP contribution < -0.4 is 5.32 Å². The Hall–Kier alpha value is -1.11. The highest BCUT2D eigenvalue weighted by Gasteiger charge is 2.17. The molecule has 112 valence electrons. The molecule has 1 unspecified atom stereocenters. The van der Waals surface area contributed by atoms with E-state index in [1.165, 1.54) is 12.1 Å². The third kappa shape index (κ3) is 4.47. The first-order chi connectivity index (χ1) is 9.29. The summed E-state index contributed by atoms with van der Waals surface area (Å²) >= 11 is 0. The molecule has 7 heteroatoms. The van der Waals surface area contributed by atoms with Crippen molar-refractivity contribution in [2.75, 3.05) is 13.7 Å². The maximum absolute atomic E-state index is 12.2. The second kappa shape index (κ2) is 7.06. The van der Waals surface area contributed by atoms with Gasteiger partial charge in [0.05, 0.1) is 17.5 Å². The van der Waals surface area contributed by atoms with Gasteiger partial charge in [-0.1, -0.05) is 13.0 Å². The van der Waals surface area contributed by atoms with E-state index in [4.69, 9.17) is 15.4 Å². The molecule has 1 aromatic rings. The van der Waals surface area contributed by atoms with Crippen molar-refractivity contribution in [2.24, 2.45) is 0 Å². The molecule has 0 saturated heterocycles. The van der Waals surface area contributed by atoms with Gasteiger partial charge in [-0.15, -0.1) is 0 Å². The summed E-state index contributed by atoms with van der Waals surface area (Å²) in [6.07, 6.45) is 0.714. The molecule has 0 aliphatic rings. The van der Waals surface area contributed by atoms with Gasteiger partial charge in [-0.05, 0) is 31.0 Å². The monoisotopic (exact) mass is 319 g/mol. The highest BCUT2D eigenvalue weighted by atomic mass is 35.7. The first-order valence-corrected chi connectivity index (χ1v) is 8.45. The van der Waals surface area contributed by atoms with Gasteiger partial charge in [-0.2, -0.15) is 0 Å². The normalized spacial score (nSPS) is 13.0. The minimum atomic E-state index is -3.85. The van der Waals surface area contributed by atoms with E-state index >= 15 is 0 Å². The van der Waals surface area contributed by atoms with E-state index in [0.29, 0.717) is 24.2 Å². The quantitative estimate of drug-likeness (QED) is 0.815. The summed E-state index contributed by atoms with van der Waals surface area (Å²) in [5, 5.41) is 2.80. The molecule has 20 heavy (non-hydrogen) atoms. The molecule has 0 aliphatic carbocycles. The Morgan fingerprint density at radius 3 is 2.60 bits per heavy atom. The summed E-state index contributed by atoms with van der Waals surface area (Å²) in [5.74, 6) is -0.339. The minimum Gasteiger partial charge on any atom is -0.383 e. The van der Waals surface area contributed by atoms with Crippen molar-refractivity contribution in [3.63, 3.8) is 0 Å². The number of halogens is 1. The van der Waals surface area contributed by atoms with Gasteiger partial charge in [-0.3, -0.25) is 4.79 Å². The fourth-order valence-electron chi connectivity index (χ4n) is 1.72. The van der Waals surface area contributed by atoms with Gasteiger partial charge in [0.2, 0.25) is 0 Å². The third-order valence-corrected chi connectivity index (χ3v) is 4.28. The highest BCUT2D eigenvalue weighted by Crippen LogP contribution is 2.19. The van der Waals surface area contributed by atoms with Crippen LogP contribution in [0.4, 0.5) is 0 Å². The maximum Gasteiger partial charge on any atom is 0.261 e. The first-order valence-electron chi connectivity index (χ1n) is 6.14. The second-order valence-electron chi connectivity index (χ2n) is 4.45. The molecule has 0 heterocycles. The molecule has 0 aliphatic heterocycles. The van der Waals surface area contributed by atoms with Gasteiger partial charge in [-0.25, -0.2) is 8.42 Å². The lowest BCUT2D eigenvalue weighted by Gasteiger charge is -2.17. The molecule has 0 radical (unpaired) electrons. The summed E-state index contributed by atoms with van der Waals surface area (Å²) in [7, 11) is 2.99. The first kappa shape index (κ1) is 16.9. The number of amides is 1. The Bertz CT molecular complexity index is 586. The van der Waals surface area contributed by atoms with Crippen LogP contribution in [0, 0.1) is 6.92 Å². The number of methoxy groups -OCH3 is 1. The van der Waals surface area contributed by atoms with E-state index in [9.17, 15) is 13.2 Å². The summed E-state index contributed by atoms with van der Waals surface area (Å²) in [6, 6.07) is 4.10. The average molecular weight is 320 g/mol. The van der Waals surface area contributed by atoms with Crippen molar-refractivity contribution >= 4 is 25.6 Å². The third-order valence-electron chi connectivity index (χ3n) is 2.93. The Labute approximate surface area is 123 Å². The van der Waals surface area contributed by atoms with E-state index in [2.05, 4.69) is 5.32 Å². The zero-order chi connectivity index (χ0) is 15.3. The Balaban J connectivity index is 3.03. The minimum absolute atomic E-state index is 0.0882. The van der Waals surface area contributed by atoms with Gasteiger partial charge in [0.1, 0.15) is 0 Å². The molecule has 1 aromatic carbocycles. The van der Waals surface area contributed by atoms with Crippen LogP contribution in [0.5, 0.6) is 0 Å². The zero-order valence-electron chi connectivity index (χ0n) is 11.6. The number of carbonyl (C=O) groups excluding carboxylic acids is 1. The molecule has 1 N–H and O–H groups in total. The van der Waals surface area contributed by atoms with Crippen LogP contribution in [0.3, 0.4) is 0 Å². The SMILES string of the molecule is CCC(COC)NC(=O)c1cc(S(=O)(=O)Cl)ccc1C. The lowest BCUT2D eigenvalue weighted by molar-refractivity contribution is 0.0894. The van der Waals surface area contributed by atoms with Crippen LogP contribution in [0.25, 0.3) is 0 Å². The second-order valence-corrected chi connectivity index (χ2v) is 7.01. The Morgan fingerprint density at radius 1 is 1.45 bits per heavy atom. The van der Waals surface area contributed by atoms with Gasteiger partial charge >= 0.3 is 0 Å². The largest absolute Gasteiger partial charge is 0.383 e. The van der Waals surface area contributed by atoms with E-state index < -0.39 is 9.05 Å². The van der Waals surface area contributed by atoms with Crippen LogP contribution in [-0.2, 0) is 13.8 Å². The van der Waals surface area contributed by atoms with Gasteiger partial charge < -0.3 is 10.1 Å². The molecule has 0 fully saturated rings. The molecular formula is C13H18ClNO4S. The van der Waals surface area contributed by atoms with Gasteiger partial charge in [0, 0.05) is 23.4 Å². The summed E-state index contributed by atoms with van der Waals surface area (Å²) < 4.78 is 27.6. The molecular weight excluding hydrogens is 302 g/mol. The summed E-state index contributed by atoms with van der Waals surface area (Å²) in [5.41, 5.74) is 0.972.